The molecule has 0 radical (unpaired) electrons. The SMILES string of the molecule is CCOC(=O)[C@H](C)Oc1c(OCC)cc(C=Nn2c([C@@H](C)CC)nc3ccc(Br)cc3c2=O)cc1[N+](=O)[O-]. The number of nitro benzene ring substituents is 1. The molecule has 0 bridgehead atoms. The number of carbonyl (C=O) groups excluding carboxylic acids is 1. The topological polar surface area (TPSA) is 135 Å². The standard InChI is InChI=1S/C26H29BrN4O7/c1-6-15(4)24-29-20-10-9-18(27)13-19(20)25(32)30(24)28-14-17-11-21(31(34)35)23(22(12-17)36-7-2)38-16(5)26(33)37-8-3/h9-16H,6-8H2,1-5H3/t15-,16-/m0/s1. The van der Waals surface area contributed by atoms with Gasteiger partial charge in [0, 0.05) is 22.0 Å². The van der Waals surface area contributed by atoms with Crippen molar-refractivity contribution in [1.29, 1.82) is 0 Å². The molecule has 0 spiro atoms. The zero-order valence-corrected chi connectivity index (χ0v) is 23.4. The molecule has 2 atom stereocenters. The third-order valence-corrected chi connectivity index (χ3v) is 6.17. The lowest BCUT2D eigenvalue weighted by Gasteiger charge is -2.17. The van der Waals surface area contributed by atoms with E-state index in [0.29, 0.717) is 23.1 Å². The molecule has 202 valence electrons. The van der Waals surface area contributed by atoms with Gasteiger partial charge in [0.05, 0.1) is 35.3 Å². The second-order valence-electron chi connectivity index (χ2n) is 8.37. The Morgan fingerprint density at radius 3 is 2.58 bits per heavy atom. The number of hydrogen-bond acceptors (Lipinski definition) is 9. The maximum Gasteiger partial charge on any atom is 0.347 e. The molecule has 12 heteroatoms. The average molecular weight is 589 g/mol. The van der Waals surface area contributed by atoms with Crippen LogP contribution in [0.25, 0.3) is 10.9 Å². The van der Waals surface area contributed by atoms with Crippen LogP contribution in [0.1, 0.15) is 58.3 Å². The van der Waals surface area contributed by atoms with Crippen LogP contribution < -0.4 is 15.0 Å². The van der Waals surface area contributed by atoms with Crippen LogP contribution in [-0.2, 0) is 9.53 Å². The van der Waals surface area contributed by atoms with Crippen molar-refractivity contribution in [2.24, 2.45) is 5.10 Å². The molecule has 0 saturated heterocycles. The van der Waals surface area contributed by atoms with Crippen molar-refractivity contribution in [2.45, 2.75) is 53.1 Å². The molecule has 0 aliphatic rings. The van der Waals surface area contributed by atoms with Gasteiger partial charge in [-0.05, 0) is 51.5 Å². The quantitative estimate of drug-likeness (QED) is 0.129. The first kappa shape index (κ1) is 28.8. The van der Waals surface area contributed by atoms with E-state index in [4.69, 9.17) is 14.2 Å². The number of halogens is 1. The van der Waals surface area contributed by atoms with E-state index in [1.54, 1.807) is 26.0 Å². The summed E-state index contributed by atoms with van der Waals surface area (Å²) in [5.41, 5.74) is 0.0354. The number of benzene rings is 2. The minimum atomic E-state index is -1.10. The van der Waals surface area contributed by atoms with Crippen LogP contribution >= 0.6 is 15.9 Å². The number of aromatic nitrogens is 2. The molecule has 0 N–H and O–H groups in total. The molecule has 0 fully saturated rings. The molecular formula is C26H29BrN4O7. The van der Waals surface area contributed by atoms with Crippen molar-refractivity contribution < 1.29 is 23.9 Å². The Kier molecular flexibility index (Phi) is 9.56. The van der Waals surface area contributed by atoms with Gasteiger partial charge in [0.1, 0.15) is 5.82 Å². The molecule has 2 aromatic carbocycles. The van der Waals surface area contributed by atoms with E-state index < -0.39 is 22.7 Å². The molecule has 0 amide bonds. The Hall–Kier alpha value is -3.80. The van der Waals surface area contributed by atoms with Gasteiger partial charge in [-0.25, -0.2) is 9.78 Å². The van der Waals surface area contributed by atoms with E-state index in [2.05, 4.69) is 26.0 Å². The first-order chi connectivity index (χ1) is 18.1. The zero-order chi connectivity index (χ0) is 28.0. The van der Waals surface area contributed by atoms with Crippen molar-refractivity contribution in [3.05, 3.63) is 66.7 Å². The minimum Gasteiger partial charge on any atom is -0.490 e. The summed E-state index contributed by atoms with van der Waals surface area (Å²) < 4.78 is 18.1. The fourth-order valence-electron chi connectivity index (χ4n) is 3.59. The summed E-state index contributed by atoms with van der Waals surface area (Å²) in [5.74, 6) is -0.437. The maximum atomic E-state index is 13.4. The Balaban J connectivity index is 2.14. The summed E-state index contributed by atoms with van der Waals surface area (Å²) in [6.07, 6.45) is 0.939. The molecule has 38 heavy (non-hydrogen) atoms. The molecular weight excluding hydrogens is 560 g/mol. The number of rotatable bonds is 11. The normalized spacial score (nSPS) is 12.9. The number of carbonyl (C=O) groups is 1. The van der Waals surface area contributed by atoms with E-state index in [-0.39, 0.29) is 41.8 Å². The lowest BCUT2D eigenvalue weighted by molar-refractivity contribution is -0.386. The second-order valence-corrected chi connectivity index (χ2v) is 9.29. The Labute approximate surface area is 227 Å². The molecule has 3 aromatic rings. The van der Waals surface area contributed by atoms with Gasteiger partial charge in [-0.1, -0.05) is 29.8 Å². The van der Waals surface area contributed by atoms with Crippen LogP contribution in [-0.4, -0.2) is 46.1 Å². The van der Waals surface area contributed by atoms with Crippen LogP contribution in [0.2, 0.25) is 0 Å². The summed E-state index contributed by atoms with van der Waals surface area (Å²) in [6, 6.07) is 7.97. The molecule has 0 aliphatic carbocycles. The second kappa shape index (κ2) is 12.6. The predicted molar refractivity (Wildman–Crippen MR) is 146 cm³/mol. The largest absolute Gasteiger partial charge is 0.490 e. The number of hydrogen-bond donors (Lipinski definition) is 0. The summed E-state index contributed by atoms with van der Waals surface area (Å²) in [6.45, 7) is 9.03. The van der Waals surface area contributed by atoms with Gasteiger partial charge in [-0.15, -0.1) is 0 Å². The average Bonchev–Trinajstić information content (AvgIpc) is 2.89. The molecule has 11 nitrogen and oxygen atoms in total. The number of nitro groups is 1. The van der Waals surface area contributed by atoms with Gasteiger partial charge in [-0.2, -0.15) is 9.78 Å². The Bertz CT molecular complexity index is 1440. The third kappa shape index (κ3) is 6.36. The fourth-order valence-corrected chi connectivity index (χ4v) is 3.95. The smallest absolute Gasteiger partial charge is 0.347 e. The predicted octanol–water partition coefficient (Wildman–Crippen LogP) is 5.19. The Morgan fingerprint density at radius 2 is 1.95 bits per heavy atom. The number of esters is 1. The number of nitrogens with zero attached hydrogens (tertiary/aromatic N) is 4. The highest BCUT2D eigenvalue weighted by atomic mass is 79.9. The van der Waals surface area contributed by atoms with Gasteiger partial charge in [0.2, 0.25) is 5.75 Å². The molecule has 0 unspecified atom stereocenters. The van der Waals surface area contributed by atoms with E-state index in [0.717, 1.165) is 4.47 Å². The number of ether oxygens (including phenoxy) is 3. The molecule has 1 heterocycles. The van der Waals surface area contributed by atoms with Crippen LogP contribution in [0.15, 0.2) is 44.7 Å². The maximum absolute atomic E-state index is 13.4. The molecule has 3 rings (SSSR count). The summed E-state index contributed by atoms with van der Waals surface area (Å²) in [4.78, 5) is 41.4. The van der Waals surface area contributed by atoms with E-state index in [9.17, 15) is 19.7 Å². The van der Waals surface area contributed by atoms with Crippen molar-refractivity contribution in [3.63, 3.8) is 0 Å². The van der Waals surface area contributed by atoms with Gasteiger partial charge in [-0.3, -0.25) is 14.9 Å². The summed E-state index contributed by atoms with van der Waals surface area (Å²) in [5, 5.41) is 16.7. The van der Waals surface area contributed by atoms with E-state index >= 15 is 0 Å². The lowest BCUT2D eigenvalue weighted by atomic mass is 10.1. The first-order valence-electron chi connectivity index (χ1n) is 12.2. The van der Waals surface area contributed by atoms with Crippen LogP contribution in [0, 0.1) is 10.1 Å². The van der Waals surface area contributed by atoms with Gasteiger partial charge >= 0.3 is 11.7 Å². The number of fused-ring (bicyclic) bond motifs is 1. The summed E-state index contributed by atoms with van der Waals surface area (Å²) in [7, 11) is 0. The minimum absolute atomic E-state index is 0.0503. The van der Waals surface area contributed by atoms with Crippen molar-refractivity contribution in [2.75, 3.05) is 13.2 Å². The van der Waals surface area contributed by atoms with Gasteiger partial charge < -0.3 is 14.2 Å². The van der Waals surface area contributed by atoms with E-state index in [1.807, 2.05) is 19.9 Å². The third-order valence-electron chi connectivity index (χ3n) is 5.68. The Morgan fingerprint density at radius 1 is 1.21 bits per heavy atom. The van der Waals surface area contributed by atoms with Crippen LogP contribution in [0.3, 0.4) is 0 Å². The molecule has 0 aliphatic heterocycles. The van der Waals surface area contributed by atoms with Crippen LogP contribution in [0.5, 0.6) is 11.5 Å². The van der Waals surface area contributed by atoms with Crippen molar-refractivity contribution in [1.82, 2.24) is 9.66 Å². The van der Waals surface area contributed by atoms with Gasteiger partial charge in [0.15, 0.2) is 11.9 Å². The highest BCUT2D eigenvalue weighted by Gasteiger charge is 2.27. The van der Waals surface area contributed by atoms with E-state index in [1.165, 1.54) is 29.9 Å². The lowest BCUT2D eigenvalue weighted by Crippen LogP contribution is -2.26. The molecule has 1 aromatic heterocycles. The van der Waals surface area contributed by atoms with Crippen molar-refractivity contribution in [3.8, 4) is 11.5 Å². The highest BCUT2D eigenvalue weighted by molar-refractivity contribution is 9.10. The zero-order valence-electron chi connectivity index (χ0n) is 21.8. The molecule has 0 saturated carbocycles. The van der Waals surface area contributed by atoms with Gasteiger partial charge in [0.25, 0.3) is 5.56 Å². The van der Waals surface area contributed by atoms with Crippen molar-refractivity contribution >= 4 is 44.7 Å². The monoisotopic (exact) mass is 588 g/mol. The summed E-state index contributed by atoms with van der Waals surface area (Å²) >= 11 is 3.38. The first-order valence-corrected chi connectivity index (χ1v) is 13.0. The van der Waals surface area contributed by atoms with Crippen LogP contribution in [0.4, 0.5) is 5.69 Å². The fraction of sp³-hybridized carbons (Fsp3) is 0.385. The highest BCUT2D eigenvalue weighted by Crippen LogP contribution is 2.39.